The third-order valence-corrected chi connectivity index (χ3v) is 14.0. The number of carbonyl (C=O) groups excluding carboxylic acids is 7. The van der Waals surface area contributed by atoms with Crippen LogP contribution in [-0.4, -0.2) is 114 Å². The maximum absolute atomic E-state index is 13.9. The van der Waals surface area contributed by atoms with Crippen LogP contribution in [0.15, 0.2) is 48.5 Å². The maximum atomic E-state index is 13.9. The number of benzene rings is 2. The number of alkyl carbamates (subject to hydrolysis) is 1. The Kier molecular flexibility index (Phi) is 19.1. The Morgan fingerprint density at radius 2 is 1.42 bits per heavy atom. The number of aryl methyl sites for hydroxylation is 1. The monoisotopic (exact) mass is 990 g/mol. The lowest BCUT2D eigenvalue weighted by Gasteiger charge is -2.64. The molecule has 3 saturated carbocycles. The first-order chi connectivity index (χ1) is 33.3. The number of primary amides is 1. The number of rotatable bonds is 23. The molecule has 2 aromatic carbocycles. The molecule has 4 fully saturated rings. The zero-order valence-electron chi connectivity index (χ0n) is 43.0. The van der Waals surface area contributed by atoms with Gasteiger partial charge in [0.15, 0.2) is 0 Å². The Balaban J connectivity index is 1.18. The minimum atomic E-state index is -1.63. The molecule has 0 aromatic heterocycles. The van der Waals surface area contributed by atoms with Gasteiger partial charge >= 0.3 is 19.3 Å². The highest BCUT2D eigenvalue weighted by Crippen LogP contribution is 2.65. The van der Waals surface area contributed by atoms with Gasteiger partial charge < -0.3 is 61.5 Å². The van der Waals surface area contributed by atoms with Crippen LogP contribution in [0.25, 0.3) is 11.1 Å². The van der Waals surface area contributed by atoms with Crippen LogP contribution in [0.2, 0.25) is 0 Å². The van der Waals surface area contributed by atoms with Gasteiger partial charge in [0.2, 0.25) is 29.5 Å². The fourth-order valence-corrected chi connectivity index (χ4v) is 9.73. The van der Waals surface area contributed by atoms with Crippen LogP contribution in [0.1, 0.15) is 126 Å². The van der Waals surface area contributed by atoms with E-state index in [0.717, 1.165) is 43.2 Å². The summed E-state index contributed by atoms with van der Waals surface area (Å²) in [6.45, 7) is 18.3. The van der Waals surface area contributed by atoms with E-state index in [1.54, 1.807) is 52.0 Å². The maximum Gasteiger partial charge on any atom is 0.481 e. The van der Waals surface area contributed by atoms with Gasteiger partial charge in [0, 0.05) is 6.54 Å². The standard InChI is InChI=1S/C51H76BN7O12/c1-11-12-15-32-17-19-33(20-18-32)34-21-23-36(24-22-34)68-48(67)58-37(16-13-14-25-54-47(66)69-49(5,6)7)44(63)59-42(30(3)60)46(65)55-29(2)43(62)57-38(28-41(53)61)45(64)56-31(4)52-70-40-27-35-26-39(50(35,8)9)51(40,10)71-52/h17-24,29-31,35,37-40,42,60H,11-16,25-28H2,1-10H3,(H2,53,61)(H,54,66)(H,55,65)(H,56,64)(H,57,62)(H,58,67)(H,59,63)/t29-,30+,31-,35-,37-,38-,39-,40?,42-,51-/m0/s1. The molecule has 1 saturated heterocycles. The van der Waals surface area contributed by atoms with Gasteiger partial charge in [0.1, 0.15) is 35.5 Å². The second-order valence-electron chi connectivity index (χ2n) is 21.2. The summed E-state index contributed by atoms with van der Waals surface area (Å²) < 4.78 is 23.6. The predicted octanol–water partition coefficient (Wildman–Crippen LogP) is 4.35. The number of hydrogen-bond donors (Lipinski definition) is 8. The molecule has 6 rings (SSSR count). The van der Waals surface area contributed by atoms with Crippen molar-refractivity contribution in [1.82, 2.24) is 31.9 Å². The summed E-state index contributed by atoms with van der Waals surface area (Å²) in [7, 11) is -0.775. The van der Waals surface area contributed by atoms with Gasteiger partial charge in [-0.25, -0.2) is 9.59 Å². The van der Waals surface area contributed by atoms with Crippen LogP contribution in [0, 0.1) is 17.3 Å². The second-order valence-corrected chi connectivity index (χ2v) is 21.2. The number of nitrogens with one attached hydrogen (secondary N) is 6. The van der Waals surface area contributed by atoms with Crippen molar-refractivity contribution in [2.24, 2.45) is 23.0 Å². The number of hydrogen-bond acceptors (Lipinski definition) is 12. The highest BCUT2D eigenvalue weighted by atomic mass is 16.7. The Morgan fingerprint density at radius 1 is 0.789 bits per heavy atom. The van der Waals surface area contributed by atoms with E-state index in [1.165, 1.54) is 19.4 Å². The molecule has 7 amide bonds. The molecule has 0 radical (unpaired) electrons. The third-order valence-electron chi connectivity index (χ3n) is 14.0. The van der Waals surface area contributed by atoms with E-state index in [-0.39, 0.29) is 30.2 Å². The van der Waals surface area contributed by atoms with E-state index in [4.69, 9.17) is 24.5 Å². The largest absolute Gasteiger partial charge is 0.481 e. The SMILES string of the molecule is CCCCc1ccc(-c2ccc(OC(=O)N[C@@H](CCCCNC(=O)OC(C)(C)C)C(=O)N[C@H](C(=O)N[C@@H](C)C(=O)N[C@@H](CC(N)=O)C(=O)N[C@@H](C)B3OC4C[C@@H]5C[C@@H](C5(C)C)[C@]4(C)O3)[C@@H](C)O)cc2)cc1. The number of aliphatic hydroxyl groups excluding tert-OH is 1. The van der Waals surface area contributed by atoms with Crippen molar-refractivity contribution in [2.75, 3.05) is 6.54 Å². The first-order valence-corrected chi connectivity index (χ1v) is 25.0. The zero-order chi connectivity index (χ0) is 52.4. The quantitative estimate of drug-likeness (QED) is 0.0571. The van der Waals surface area contributed by atoms with Gasteiger partial charge in [-0.3, -0.25) is 24.0 Å². The van der Waals surface area contributed by atoms with Gasteiger partial charge in [0.25, 0.3) is 0 Å². The summed E-state index contributed by atoms with van der Waals surface area (Å²) in [5.74, 6) is -3.95. The molecule has 1 unspecified atom stereocenters. The Hall–Kier alpha value is -5.73. The van der Waals surface area contributed by atoms with Crippen LogP contribution < -0.4 is 42.4 Å². The molecule has 390 valence electrons. The van der Waals surface area contributed by atoms with Crippen molar-refractivity contribution in [3.63, 3.8) is 0 Å². The van der Waals surface area contributed by atoms with E-state index >= 15 is 0 Å². The minimum absolute atomic E-state index is 0.0249. The van der Waals surface area contributed by atoms with Gasteiger partial charge in [-0.2, -0.15) is 0 Å². The van der Waals surface area contributed by atoms with Gasteiger partial charge in [-0.1, -0.05) is 63.6 Å². The Bertz CT molecular complexity index is 2200. The lowest BCUT2D eigenvalue weighted by atomic mass is 9.43. The Labute approximate surface area is 418 Å². The Morgan fingerprint density at radius 3 is 2.01 bits per heavy atom. The molecule has 9 N–H and O–H groups in total. The lowest BCUT2D eigenvalue weighted by molar-refractivity contribution is -0.199. The van der Waals surface area contributed by atoms with E-state index in [1.807, 2.05) is 19.1 Å². The first-order valence-electron chi connectivity index (χ1n) is 25.0. The van der Waals surface area contributed by atoms with Gasteiger partial charge in [0.05, 0.1) is 30.2 Å². The van der Waals surface area contributed by atoms with E-state index in [0.29, 0.717) is 24.7 Å². The topological polar surface area (TPSA) is 275 Å². The van der Waals surface area contributed by atoms with Crippen molar-refractivity contribution >= 4 is 48.8 Å². The first kappa shape index (κ1) is 56.2. The summed E-state index contributed by atoms with van der Waals surface area (Å²) in [5.41, 5.74) is 7.50. The number of amides is 7. The summed E-state index contributed by atoms with van der Waals surface area (Å²) in [5, 5.41) is 26.1. The minimum Gasteiger partial charge on any atom is -0.444 e. The molecule has 19 nitrogen and oxygen atoms in total. The predicted molar refractivity (Wildman–Crippen MR) is 266 cm³/mol. The van der Waals surface area contributed by atoms with Crippen molar-refractivity contribution in [2.45, 2.75) is 181 Å². The second kappa shape index (κ2) is 24.1. The number of aliphatic hydroxyl groups is 1. The molecule has 2 bridgehead atoms. The van der Waals surface area contributed by atoms with E-state index in [2.05, 4.69) is 64.8 Å². The van der Waals surface area contributed by atoms with Crippen molar-refractivity contribution < 1.29 is 57.5 Å². The molecule has 4 aliphatic rings. The average Bonchev–Trinajstić information content (AvgIpc) is 3.66. The fourth-order valence-electron chi connectivity index (χ4n) is 9.73. The van der Waals surface area contributed by atoms with E-state index < -0.39 is 103 Å². The molecule has 1 aliphatic heterocycles. The zero-order valence-corrected chi connectivity index (χ0v) is 43.0. The van der Waals surface area contributed by atoms with Crippen LogP contribution in [0.5, 0.6) is 5.75 Å². The van der Waals surface area contributed by atoms with Crippen molar-refractivity contribution in [3.8, 4) is 16.9 Å². The van der Waals surface area contributed by atoms with Gasteiger partial charge in [-0.15, -0.1) is 0 Å². The highest BCUT2D eigenvalue weighted by molar-refractivity contribution is 6.47. The number of ether oxygens (including phenoxy) is 2. The average molecular weight is 990 g/mol. The molecular formula is C51H76BN7O12. The van der Waals surface area contributed by atoms with Crippen LogP contribution in [0.3, 0.4) is 0 Å². The molecule has 71 heavy (non-hydrogen) atoms. The molecule has 2 aromatic rings. The molecule has 10 atom stereocenters. The van der Waals surface area contributed by atoms with E-state index in [9.17, 15) is 38.7 Å². The highest BCUT2D eigenvalue weighted by Gasteiger charge is 2.68. The summed E-state index contributed by atoms with van der Waals surface area (Å²) in [6.07, 6.45) is 2.04. The van der Waals surface area contributed by atoms with Crippen LogP contribution >= 0.6 is 0 Å². The molecule has 3 aliphatic carbocycles. The normalized spacial score (nSPS) is 22.4. The fraction of sp³-hybridized carbons (Fsp3) is 0.627. The molecule has 0 spiro atoms. The molecular weight excluding hydrogens is 913 g/mol. The molecule has 20 heteroatoms. The van der Waals surface area contributed by atoms with Crippen molar-refractivity contribution in [1.29, 1.82) is 0 Å². The third kappa shape index (κ3) is 15.1. The summed E-state index contributed by atoms with van der Waals surface area (Å²) in [6, 6.07) is 9.42. The smallest absolute Gasteiger partial charge is 0.444 e. The summed E-state index contributed by atoms with van der Waals surface area (Å²) in [4.78, 5) is 92.1. The number of nitrogens with two attached hydrogens (primary N) is 1. The van der Waals surface area contributed by atoms with Crippen LogP contribution in [0.4, 0.5) is 9.59 Å². The van der Waals surface area contributed by atoms with Crippen LogP contribution in [-0.2, 0) is 44.4 Å². The lowest BCUT2D eigenvalue weighted by Crippen LogP contribution is -2.65. The number of carbonyl (C=O) groups is 7. The summed E-state index contributed by atoms with van der Waals surface area (Å²) >= 11 is 0. The number of unbranched alkanes of at least 4 members (excludes halogenated alkanes) is 2. The van der Waals surface area contributed by atoms with Crippen molar-refractivity contribution in [3.05, 3.63) is 54.1 Å². The molecule has 1 heterocycles. The van der Waals surface area contributed by atoms with Gasteiger partial charge in [-0.05, 0) is 139 Å².